The van der Waals surface area contributed by atoms with Crippen LogP contribution in [0.5, 0.6) is 0 Å². The standard InChI is InChI=1S/C15H19N3O2S/c19-21(20,12-13-5-2-1-3-6-13)18-10-4-7-14(11-18)15-16-8-9-17-15/h1-3,5-6,8-9,14H,4,7,10-12H2,(H,16,17)/t14-/m1/s1. The Kier molecular flexibility index (Phi) is 4.07. The van der Waals surface area contributed by atoms with Crippen molar-refractivity contribution in [1.82, 2.24) is 14.3 Å². The van der Waals surface area contributed by atoms with Crippen LogP contribution in [0.25, 0.3) is 0 Å². The second-order valence-electron chi connectivity index (χ2n) is 5.41. The van der Waals surface area contributed by atoms with Gasteiger partial charge >= 0.3 is 0 Å². The summed E-state index contributed by atoms with van der Waals surface area (Å²) in [6, 6.07) is 9.33. The van der Waals surface area contributed by atoms with Crippen molar-refractivity contribution in [2.45, 2.75) is 24.5 Å². The monoisotopic (exact) mass is 305 g/mol. The third-order valence-corrected chi connectivity index (χ3v) is 5.69. The summed E-state index contributed by atoms with van der Waals surface area (Å²) in [6.07, 6.45) is 5.35. The van der Waals surface area contributed by atoms with Gasteiger partial charge in [-0.2, -0.15) is 0 Å². The number of aromatic nitrogens is 2. The summed E-state index contributed by atoms with van der Waals surface area (Å²) in [4.78, 5) is 7.36. The van der Waals surface area contributed by atoms with Gasteiger partial charge in [-0.3, -0.25) is 0 Å². The lowest BCUT2D eigenvalue weighted by molar-refractivity contribution is 0.309. The van der Waals surface area contributed by atoms with Gasteiger partial charge in [-0.05, 0) is 18.4 Å². The maximum atomic E-state index is 12.6. The lowest BCUT2D eigenvalue weighted by atomic mass is 9.99. The Morgan fingerprint density at radius 3 is 2.81 bits per heavy atom. The summed E-state index contributed by atoms with van der Waals surface area (Å²) in [5, 5.41) is 0. The number of aromatic amines is 1. The molecule has 0 aliphatic carbocycles. The first-order valence-corrected chi connectivity index (χ1v) is 8.77. The Balaban J connectivity index is 1.73. The number of imidazole rings is 1. The second-order valence-corrected chi connectivity index (χ2v) is 7.38. The molecule has 1 N–H and O–H groups in total. The predicted octanol–water partition coefficient (Wildman–Crippen LogP) is 2.12. The van der Waals surface area contributed by atoms with Crippen LogP contribution in [0.4, 0.5) is 0 Å². The number of nitrogens with one attached hydrogen (secondary N) is 1. The fourth-order valence-corrected chi connectivity index (χ4v) is 4.41. The van der Waals surface area contributed by atoms with Crippen molar-refractivity contribution in [2.24, 2.45) is 0 Å². The summed E-state index contributed by atoms with van der Waals surface area (Å²) in [5.41, 5.74) is 0.831. The molecule has 6 heteroatoms. The summed E-state index contributed by atoms with van der Waals surface area (Å²) < 4.78 is 26.7. The Hall–Kier alpha value is -1.66. The van der Waals surface area contributed by atoms with Gasteiger partial charge in [0.15, 0.2) is 0 Å². The van der Waals surface area contributed by atoms with E-state index in [0.29, 0.717) is 13.1 Å². The molecule has 0 amide bonds. The van der Waals surface area contributed by atoms with Gasteiger partial charge in [0.2, 0.25) is 10.0 Å². The molecule has 2 heterocycles. The summed E-state index contributed by atoms with van der Waals surface area (Å²) in [7, 11) is -3.27. The SMILES string of the molecule is O=S(=O)(Cc1ccccc1)N1CCC[C@@H](c2ncc[nH]2)C1. The Morgan fingerprint density at radius 2 is 2.10 bits per heavy atom. The van der Waals surface area contributed by atoms with E-state index in [4.69, 9.17) is 0 Å². The summed E-state index contributed by atoms with van der Waals surface area (Å²) in [6.45, 7) is 1.12. The molecule has 21 heavy (non-hydrogen) atoms. The number of nitrogens with zero attached hydrogens (tertiary/aromatic N) is 2. The molecule has 112 valence electrons. The van der Waals surface area contributed by atoms with Crippen molar-refractivity contribution < 1.29 is 8.42 Å². The number of hydrogen-bond acceptors (Lipinski definition) is 3. The predicted molar refractivity (Wildman–Crippen MR) is 81.2 cm³/mol. The van der Waals surface area contributed by atoms with Gasteiger partial charge in [-0.1, -0.05) is 30.3 Å². The molecule has 1 aliphatic heterocycles. The van der Waals surface area contributed by atoms with Crippen molar-refractivity contribution in [3.63, 3.8) is 0 Å². The normalized spacial score (nSPS) is 20.5. The fraction of sp³-hybridized carbons (Fsp3) is 0.400. The van der Waals surface area contributed by atoms with Crippen LogP contribution < -0.4 is 0 Å². The molecule has 1 aromatic heterocycles. The minimum Gasteiger partial charge on any atom is -0.348 e. The van der Waals surface area contributed by atoms with E-state index in [2.05, 4.69) is 9.97 Å². The van der Waals surface area contributed by atoms with Crippen LogP contribution in [0.1, 0.15) is 30.1 Å². The Bertz CT molecular complexity index is 668. The zero-order valence-electron chi connectivity index (χ0n) is 11.8. The molecule has 1 aliphatic rings. The van der Waals surface area contributed by atoms with Crippen LogP contribution >= 0.6 is 0 Å². The van der Waals surface area contributed by atoms with E-state index in [1.54, 1.807) is 16.7 Å². The van der Waals surface area contributed by atoms with Gasteiger partial charge in [0, 0.05) is 31.4 Å². The lowest BCUT2D eigenvalue weighted by Gasteiger charge is -2.31. The van der Waals surface area contributed by atoms with Crippen LogP contribution in [-0.2, 0) is 15.8 Å². The molecule has 0 radical (unpaired) electrons. The van der Waals surface area contributed by atoms with Crippen LogP contribution in [0, 0.1) is 0 Å². The highest BCUT2D eigenvalue weighted by atomic mass is 32.2. The van der Waals surface area contributed by atoms with Gasteiger partial charge in [-0.15, -0.1) is 0 Å². The number of piperidine rings is 1. The molecule has 0 spiro atoms. The highest BCUT2D eigenvalue weighted by Crippen LogP contribution is 2.27. The molecular formula is C15H19N3O2S. The van der Waals surface area contributed by atoms with E-state index in [-0.39, 0.29) is 11.7 Å². The molecule has 1 aromatic carbocycles. The highest BCUT2D eigenvalue weighted by molar-refractivity contribution is 7.88. The molecular weight excluding hydrogens is 286 g/mol. The molecule has 1 saturated heterocycles. The summed E-state index contributed by atoms with van der Waals surface area (Å²) in [5.74, 6) is 1.12. The average molecular weight is 305 g/mol. The fourth-order valence-electron chi connectivity index (χ4n) is 2.80. The third-order valence-electron chi connectivity index (χ3n) is 3.88. The van der Waals surface area contributed by atoms with E-state index in [1.165, 1.54) is 0 Å². The molecule has 3 rings (SSSR count). The van der Waals surface area contributed by atoms with Gasteiger partial charge in [-0.25, -0.2) is 17.7 Å². The van der Waals surface area contributed by atoms with Crippen LogP contribution in [0.3, 0.4) is 0 Å². The highest BCUT2D eigenvalue weighted by Gasteiger charge is 2.30. The molecule has 0 unspecified atom stereocenters. The zero-order chi connectivity index (χ0) is 14.7. The van der Waals surface area contributed by atoms with Crippen molar-refractivity contribution in [1.29, 1.82) is 0 Å². The molecule has 0 bridgehead atoms. The van der Waals surface area contributed by atoms with Crippen LogP contribution in [-0.4, -0.2) is 35.8 Å². The van der Waals surface area contributed by atoms with E-state index < -0.39 is 10.0 Å². The number of benzene rings is 1. The quantitative estimate of drug-likeness (QED) is 0.941. The van der Waals surface area contributed by atoms with E-state index in [1.807, 2.05) is 30.3 Å². The van der Waals surface area contributed by atoms with Gasteiger partial charge in [0.05, 0.1) is 5.75 Å². The first kappa shape index (κ1) is 14.3. The average Bonchev–Trinajstić information content (AvgIpc) is 3.02. The van der Waals surface area contributed by atoms with Crippen LogP contribution in [0.15, 0.2) is 42.7 Å². The van der Waals surface area contributed by atoms with Gasteiger partial charge < -0.3 is 4.98 Å². The van der Waals surface area contributed by atoms with Crippen molar-refractivity contribution in [2.75, 3.05) is 13.1 Å². The number of sulfonamides is 1. The molecule has 5 nitrogen and oxygen atoms in total. The number of hydrogen-bond donors (Lipinski definition) is 1. The first-order valence-electron chi connectivity index (χ1n) is 7.16. The van der Waals surface area contributed by atoms with E-state index in [0.717, 1.165) is 24.2 Å². The number of rotatable bonds is 4. The van der Waals surface area contributed by atoms with Crippen molar-refractivity contribution in [3.05, 3.63) is 54.1 Å². The first-order chi connectivity index (χ1) is 10.1. The largest absolute Gasteiger partial charge is 0.348 e. The smallest absolute Gasteiger partial charge is 0.218 e. The second kappa shape index (κ2) is 5.99. The molecule has 0 saturated carbocycles. The minimum atomic E-state index is -3.27. The Labute approximate surface area is 125 Å². The topological polar surface area (TPSA) is 66.1 Å². The zero-order valence-corrected chi connectivity index (χ0v) is 12.6. The van der Waals surface area contributed by atoms with Gasteiger partial charge in [0.25, 0.3) is 0 Å². The molecule has 2 aromatic rings. The summed E-state index contributed by atoms with van der Waals surface area (Å²) >= 11 is 0. The van der Waals surface area contributed by atoms with E-state index >= 15 is 0 Å². The third kappa shape index (κ3) is 3.33. The minimum absolute atomic E-state index is 0.0682. The maximum absolute atomic E-state index is 12.6. The van der Waals surface area contributed by atoms with Crippen LogP contribution in [0.2, 0.25) is 0 Å². The Morgan fingerprint density at radius 1 is 1.29 bits per heavy atom. The van der Waals surface area contributed by atoms with Crippen molar-refractivity contribution >= 4 is 10.0 Å². The lowest BCUT2D eigenvalue weighted by Crippen LogP contribution is -2.39. The maximum Gasteiger partial charge on any atom is 0.218 e. The molecule has 1 fully saturated rings. The van der Waals surface area contributed by atoms with E-state index in [9.17, 15) is 8.42 Å². The number of H-pyrrole nitrogens is 1. The van der Waals surface area contributed by atoms with Gasteiger partial charge in [0.1, 0.15) is 5.82 Å². The molecule has 1 atom stereocenters. The van der Waals surface area contributed by atoms with Crippen molar-refractivity contribution in [3.8, 4) is 0 Å².